The number of anilines is 2. The van der Waals surface area contributed by atoms with Crippen LogP contribution in [0.1, 0.15) is 23.7 Å². The number of rotatable bonds is 5. The molecule has 106 valence electrons. The predicted molar refractivity (Wildman–Crippen MR) is 74.1 cm³/mol. The van der Waals surface area contributed by atoms with E-state index in [0.29, 0.717) is 12.4 Å². The van der Waals surface area contributed by atoms with Crippen LogP contribution in [0.25, 0.3) is 0 Å². The van der Waals surface area contributed by atoms with Crippen molar-refractivity contribution in [1.29, 1.82) is 0 Å². The number of hydrogen-bond donors (Lipinski definition) is 2. The van der Waals surface area contributed by atoms with Crippen molar-refractivity contribution in [2.24, 2.45) is 7.05 Å². The molecule has 7 heteroatoms. The molecule has 2 N–H and O–H groups in total. The summed E-state index contributed by atoms with van der Waals surface area (Å²) in [6.07, 6.45) is 3.92. The zero-order valence-electron chi connectivity index (χ0n) is 11.4. The van der Waals surface area contributed by atoms with Gasteiger partial charge in [0.2, 0.25) is 0 Å². The van der Waals surface area contributed by atoms with Crippen LogP contribution in [0.4, 0.5) is 16.0 Å². The fourth-order valence-electron chi connectivity index (χ4n) is 1.65. The first-order valence-corrected chi connectivity index (χ1v) is 6.31. The maximum Gasteiger partial charge on any atom is 0.260 e. The van der Waals surface area contributed by atoms with E-state index >= 15 is 0 Å². The molecule has 2 rings (SSSR count). The molecule has 0 aliphatic rings. The molecule has 6 nitrogen and oxygen atoms in total. The van der Waals surface area contributed by atoms with Gasteiger partial charge in [-0.2, -0.15) is 5.10 Å². The second kappa shape index (κ2) is 6.14. The third-order valence-electron chi connectivity index (χ3n) is 2.63. The van der Waals surface area contributed by atoms with Gasteiger partial charge in [0.15, 0.2) is 17.5 Å². The highest BCUT2D eigenvalue weighted by molar-refractivity contribution is 6.04. The summed E-state index contributed by atoms with van der Waals surface area (Å²) in [6, 6.07) is 2.97. The molecular formula is C13H16FN5O. The summed E-state index contributed by atoms with van der Waals surface area (Å²) in [5.41, 5.74) is -0.0655. The normalized spacial score (nSPS) is 10.3. The smallest absolute Gasteiger partial charge is 0.260 e. The van der Waals surface area contributed by atoms with Gasteiger partial charge in [0.25, 0.3) is 5.91 Å². The van der Waals surface area contributed by atoms with Crippen molar-refractivity contribution >= 4 is 17.5 Å². The van der Waals surface area contributed by atoms with Crippen molar-refractivity contribution in [2.45, 2.75) is 13.3 Å². The molecule has 0 unspecified atom stereocenters. The van der Waals surface area contributed by atoms with Gasteiger partial charge in [-0.25, -0.2) is 9.37 Å². The highest BCUT2D eigenvalue weighted by Gasteiger charge is 2.16. The van der Waals surface area contributed by atoms with Crippen molar-refractivity contribution < 1.29 is 9.18 Å². The molecule has 0 bridgehead atoms. The number of nitrogens with zero attached hydrogens (tertiary/aromatic N) is 3. The van der Waals surface area contributed by atoms with Crippen LogP contribution < -0.4 is 10.6 Å². The van der Waals surface area contributed by atoms with Crippen LogP contribution in [0, 0.1) is 5.82 Å². The molecule has 0 saturated carbocycles. The Hall–Kier alpha value is -2.44. The Labute approximate surface area is 116 Å². The average molecular weight is 277 g/mol. The number of halogens is 1. The minimum absolute atomic E-state index is 0.0655. The van der Waals surface area contributed by atoms with Gasteiger partial charge in [-0.3, -0.25) is 9.48 Å². The van der Waals surface area contributed by atoms with Crippen LogP contribution in [-0.4, -0.2) is 27.2 Å². The molecule has 1 amide bonds. The maximum atomic E-state index is 14.1. The molecule has 0 aliphatic carbocycles. The molecule has 0 spiro atoms. The molecule has 2 aromatic rings. The van der Waals surface area contributed by atoms with Gasteiger partial charge in [0, 0.05) is 32.1 Å². The van der Waals surface area contributed by atoms with E-state index in [-0.39, 0.29) is 11.4 Å². The molecular weight excluding hydrogens is 261 g/mol. The SMILES string of the molecule is CCCNc1nccc(C(=O)Nc2ccn(C)n2)c1F. The standard InChI is InChI=1S/C13H16FN5O/c1-3-6-15-12-11(14)9(4-7-16-12)13(20)17-10-5-8-19(2)18-10/h4-5,7-8H,3,6H2,1-2H3,(H,15,16)(H,17,18,20). The number of carbonyl (C=O) groups is 1. The summed E-state index contributed by atoms with van der Waals surface area (Å²) in [6.45, 7) is 2.55. The Kier molecular flexibility index (Phi) is 4.29. The lowest BCUT2D eigenvalue weighted by Crippen LogP contribution is -2.16. The highest BCUT2D eigenvalue weighted by Crippen LogP contribution is 2.16. The number of carbonyl (C=O) groups excluding carboxylic acids is 1. The number of aryl methyl sites for hydroxylation is 1. The molecule has 0 radical (unpaired) electrons. The Morgan fingerprint density at radius 2 is 2.25 bits per heavy atom. The number of pyridine rings is 1. The van der Waals surface area contributed by atoms with Crippen molar-refractivity contribution in [3.63, 3.8) is 0 Å². The lowest BCUT2D eigenvalue weighted by atomic mass is 10.2. The van der Waals surface area contributed by atoms with Crippen LogP contribution in [0.15, 0.2) is 24.5 Å². The lowest BCUT2D eigenvalue weighted by Gasteiger charge is -2.08. The van der Waals surface area contributed by atoms with Gasteiger partial charge in [-0.15, -0.1) is 0 Å². The molecule has 0 saturated heterocycles. The Bertz CT molecular complexity index is 611. The first kappa shape index (κ1) is 14.0. The zero-order chi connectivity index (χ0) is 14.5. The second-order valence-electron chi connectivity index (χ2n) is 4.28. The first-order valence-electron chi connectivity index (χ1n) is 6.31. The molecule has 0 aromatic carbocycles. The summed E-state index contributed by atoms with van der Waals surface area (Å²) in [7, 11) is 1.73. The van der Waals surface area contributed by atoms with E-state index in [0.717, 1.165) is 6.42 Å². The van der Waals surface area contributed by atoms with E-state index in [4.69, 9.17) is 0 Å². The van der Waals surface area contributed by atoms with Gasteiger partial charge in [-0.1, -0.05) is 6.92 Å². The Balaban J connectivity index is 2.17. The van der Waals surface area contributed by atoms with Gasteiger partial charge in [0.1, 0.15) is 0 Å². The topological polar surface area (TPSA) is 71.8 Å². The second-order valence-corrected chi connectivity index (χ2v) is 4.28. The molecule has 0 atom stereocenters. The van der Waals surface area contributed by atoms with Gasteiger partial charge < -0.3 is 10.6 Å². The van der Waals surface area contributed by atoms with Crippen molar-refractivity contribution in [2.75, 3.05) is 17.2 Å². The summed E-state index contributed by atoms with van der Waals surface area (Å²) in [5, 5.41) is 9.39. The minimum atomic E-state index is -0.658. The number of hydrogen-bond acceptors (Lipinski definition) is 4. The van der Waals surface area contributed by atoms with Gasteiger partial charge >= 0.3 is 0 Å². The summed E-state index contributed by atoms with van der Waals surface area (Å²) in [5.74, 6) is -0.755. The summed E-state index contributed by atoms with van der Waals surface area (Å²) < 4.78 is 15.7. The van der Waals surface area contributed by atoms with Crippen molar-refractivity contribution in [3.8, 4) is 0 Å². The molecule has 2 heterocycles. The molecule has 20 heavy (non-hydrogen) atoms. The van der Waals surface area contributed by atoms with Crippen LogP contribution in [0.3, 0.4) is 0 Å². The zero-order valence-corrected chi connectivity index (χ0v) is 11.4. The van der Waals surface area contributed by atoms with E-state index in [9.17, 15) is 9.18 Å². The van der Waals surface area contributed by atoms with Crippen LogP contribution in [-0.2, 0) is 7.05 Å². The molecule has 0 aliphatic heterocycles. The molecule has 0 fully saturated rings. The van der Waals surface area contributed by atoms with Crippen LogP contribution in [0.5, 0.6) is 0 Å². The van der Waals surface area contributed by atoms with E-state index in [1.807, 2.05) is 6.92 Å². The number of nitrogens with one attached hydrogen (secondary N) is 2. The predicted octanol–water partition coefficient (Wildman–Crippen LogP) is 2.03. The van der Waals surface area contributed by atoms with Crippen molar-refractivity contribution in [3.05, 3.63) is 35.9 Å². The van der Waals surface area contributed by atoms with E-state index in [1.165, 1.54) is 12.3 Å². The maximum absolute atomic E-state index is 14.1. The van der Waals surface area contributed by atoms with E-state index < -0.39 is 11.7 Å². The van der Waals surface area contributed by atoms with E-state index in [1.54, 1.807) is 24.0 Å². The number of aromatic nitrogens is 3. The third kappa shape index (κ3) is 3.11. The van der Waals surface area contributed by atoms with E-state index in [2.05, 4.69) is 20.7 Å². The van der Waals surface area contributed by atoms with Crippen molar-refractivity contribution in [1.82, 2.24) is 14.8 Å². The minimum Gasteiger partial charge on any atom is -0.368 e. The quantitative estimate of drug-likeness (QED) is 0.877. The first-order chi connectivity index (χ1) is 9.61. The Morgan fingerprint density at radius 3 is 2.90 bits per heavy atom. The average Bonchev–Trinajstić information content (AvgIpc) is 2.83. The summed E-state index contributed by atoms with van der Waals surface area (Å²) >= 11 is 0. The van der Waals surface area contributed by atoms with Gasteiger partial charge in [-0.05, 0) is 12.5 Å². The van der Waals surface area contributed by atoms with Crippen LogP contribution in [0.2, 0.25) is 0 Å². The Morgan fingerprint density at radius 1 is 1.45 bits per heavy atom. The highest BCUT2D eigenvalue weighted by atomic mass is 19.1. The fraction of sp³-hybridized carbons (Fsp3) is 0.308. The largest absolute Gasteiger partial charge is 0.368 e. The lowest BCUT2D eigenvalue weighted by molar-refractivity contribution is 0.102. The summed E-state index contributed by atoms with van der Waals surface area (Å²) in [4.78, 5) is 15.9. The van der Waals surface area contributed by atoms with Gasteiger partial charge in [0.05, 0.1) is 5.56 Å². The van der Waals surface area contributed by atoms with Crippen LogP contribution >= 0.6 is 0 Å². The fourth-order valence-corrected chi connectivity index (χ4v) is 1.65. The third-order valence-corrected chi connectivity index (χ3v) is 2.63. The monoisotopic (exact) mass is 277 g/mol. The number of amides is 1. The molecule has 2 aromatic heterocycles.